The van der Waals surface area contributed by atoms with Crippen molar-refractivity contribution in [2.45, 2.75) is 63.3 Å². The van der Waals surface area contributed by atoms with Crippen LogP contribution >= 0.6 is 0 Å². The molecule has 1 unspecified atom stereocenters. The number of rotatable bonds is 8. The molecule has 2 aliphatic rings. The Balaban J connectivity index is 1.41. The van der Waals surface area contributed by atoms with Crippen molar-refractivity contribution < 1.29 is 9.53 Å². The largest absolute Gasteiger partial charge is 0.496 e. The number of carbonyl (C=O) groups excluding carboxylic acids is 1. The maximum Gasteiger partial charge on any atom is 0.225 e. The summed E-state index contributed by atoms with van der Waals surface area (Å²) in [7, 11) is 3.81. The predicted octanol–water partition coefficient (Wildman–Crippen LogP) is 5.52. The molecule has 0 radical (unpaired) electrons. The van der Waals surface area contributed by atoms with Crippen LogP contribution in [0.25, 0.3) is 0 Å². The summed E-state index contributed by atoms with van der Waals surface area (Å²) in [6.45, 7) is 3.08. The maximum atomic E-state index is 13.4. The van der Waals surface area contributed by atoms with Gasteiger partial charge in [-0.3, -0.25) is 4.79 Å². The highest BCUT2D eigenvalue weighted by Gasteiger charge is 2.31. The number of methoxy groups -OCH3 is 1. The smallest absolute Gasteiger partial charge is 0.225 e. The van der Waals surface area contributed by atoms with Gasteiger partial charge in [0.25, 0.3) is 0 Å². The third-order valence-electron chi connectivity index (χ3n) is 7.80. The van der Waals surface area contributed by atoms with Gasteiger partial charge in [0.1, 0.15) is 5.75 Å². The minimum Gasteiger partial charge on any atom is -0.496 e. The van der Waals surface area contributed by atoms with Gasteiger partial charge in [-0.25, -0.2) is 0 Å². The molecule has 4 nitrogen and oxygen atoms in total. The van der Waals surface area contributed by atoms with Crippen LogP contribution < -0.4 is 4.74 Å². The number of hydrogen-bond acceptors (Lipinski definition) is 3. The van der Waals surface area contributed by atoms with E-state index in [1.54, 1.807) is 7.11 Å². The molecule has 0 N–H and O–H groups in total. The van der Waals surface area contributed by atoms with Crippen molar-refractivity contribution in [3.05, 3.63) is 65.7 Å². The molecule has 4 heteroatoms. The molecule has 4 rings (SSSR count). The van der Waals surface area contributed by atoms with Crippen LogP contribution in [-0.2, 0) is 11.2 Å². The van der Waals surface area contributed by atoms with Gasteiger partial charge in [-0.2, -0.15) is 0 Å². The van der Waals surface area contributed by atoms with Crippen molar-refractivity contribution in [1.29, 1.82) is 0 Å². The summed E-state index contributed by atoms with van der Waals surface area (Å²) in [5, 5.41) is 0. The molecule has 2 aromatic carbocycles. The van der Waals surface area contributed by atoms with Crippen LogP contribution in [0.2, 0.25) is 0 Å². The Morgan fingerprint density at radius 1 is 0.970 bits per heavy atom. The Labute approximate surface area is 199 Å². The van der Waals surface area contributed by atoms with E-state index in [2.05, 4.69) is 58.3 Å². The van der Waals surface area contributed by atoms with Crippen molar-refractivity contribution in [2.75, 3.05) is 33.8 Å². The van der Waals surface area contributed by atoms with Gasteiger partial charge in [0, 0.05) is 25.6 Å². The molecule has 1 heterocycles. The van der Waals surface area contributed by atoms with Gasteiger partial charge in [0.05, 0.1) is 7.11 Å². The van der Waals surface area contributed by atoms with Crippen LogP contribution in [0.1, 0.15) is 62.0 Å². The summed E-state index contributed by atoms with van der Waals surface area (Å²) in [4.78, 5) is 18.0. The monoisotopic (exact) mass is 448 g/mol. The van der Waals surface area contributed by atoms with Gasteiger partial charge in [0.2, 0.25) is 5.91 Å². The van der Waals surface area contributed by atoms with E-state index in [4.69, 9.17) is 4.74 Å². The number of amides is 1. The standard InChI is InChI=1S/C29H40N2O2/c1-30(29(32)25-13-7-4-8-14-25)26(21-23-11-5-3-6-12-23)22-31-19-17-24(18-20-31)27-15-9-10-16-28(27)33-2/h3,5-6,9-12,15-16,24-26H,4,7-8,13-14,17-22H2,1-2H3. The highest BCUT2D eigenvalue weighted by atomic mass is 16.5. The summed E-state index contributed by atoms with van der Waals surface area (Å²) < 4.78 is 5.61. The summed E-state index contributed by atoms with van der Waals surface area (Å²) in [5.41, 5.74) is 2.65. The fourth-order valence-electron chi connectivity index (χ4n) is 5.76. The Hall–Kier alpha value is -2.33. The molecule has 1 atom stereocenters. The van der Waals surface area contributed by atoms with E-state index in [9.17, 15) is 4.79 Å². The van der Waals surface area contributed by atoms with Crippen LogP contribution in [0, 0.1) is 5.92 Å². The van der Waals surface area contributed by atoms with E-state index in [1.165, 1.54) is 30.4 Å². The van der Waals surface area contributed by atoms with E-state index < -0.39 is 0 Å². The summed E-state index contributed by atoms with van der Waals surface area (Å²) in [5.74, 6) is 2.14. The molecular formula is C29H40N2O2. The number of ether oxygens (including phenoxy) is 1. The second kappa shape index (κ2) is 11.7. The van der Waals surface area contributed by atoms with Crippen LogP contribution in [0.4, 0.5) is 0 Å². The summed E-state index contributed by atoms with van der Waals surface area (Å²) >= 11 is 0. The van der Waals surface area contributed by atoms with Gasteiger partial charge >= 0.3 is 0 Å². The number of likely N-dealkylation sites (N-methyl/N-ethyl adjacent to an activating group) is 1. The molecule has 1 saturated heterocycles. The average Bonchev–Trinajstić information content (AvgIpc) is 2.89. The molecule has 2 aromatic rings. The van der Waals surface area contributed by atoms with Gasteiger partial charge < -0.3 is 14.5 Å². The van der Waals surface area contributed by atoms with Crippen LogP contribution in [0.3, 0.4) is 0 Å². The summed E-state index contributed by atoms with van der Waals surface area (Å²) in [6.07, 6.45) is 8.99. The SMILES string of the molecule is COc1ccccc1C1CCN(CC(Cc2ccccc2)N(C)C(=O)C2CCCCC2)CC1. The quantitative estimate of drug-likeness (QED) is 0.533. The lowest BCUT2D eigenvalue weighted by Gasteiger charge is -2.39. The molecule has 178 valence electrons. The second-order valence-electron chi connectivity index (χ2n) is 9.94. The van der Waals surface area contributed by atoms with Crippen LogP contribution in [-0.4, -0.2) is 55.5 Å². The van der Waals surface area contributed by atoms with Crippen LogP contribution in [0.5, 0.6) is 5.75 Å². The minimum absolute atomic E-state index is 0.213. The van der Waals surface area contributed by atoms with Gasteiger partial charge in [-0.1, -0.05) is 67.8 Å². The Morgan fingerprint density at radius 2 is 1.64 bits per heavy atom. The minimum atomic E-state index is 0.213. The van der Waals surface area contributed by atoms with Gasteiger partial charge in [0.15, 0.2) is 0 Å². The highest BCUT2D eigenvalue weighted by molar-refractivity contribution is 5.79. The maximum absolute atomic E-state index is 13.4. The van der Waals surface area contributed by atoms with Crippen molar-refractivity contribution in [3.63, 3.8) is 0 Å². The Morgan fingerprint density at radius 3 is 2.33 bits per heavy atom. The first-order chi connectivity index (χ1) is 16.2. The van der Waals surface area contributed by atoms with Crippen molar-refractivity contribution in [3.8, 4) is 5.75 Å². The number of hydrogen-bond donors (Lipinski definition) is 0. The van der Waals surface area contributed by atoms with Crippen LogP contribution in [0.15, 0.2) is 54.6 Å². The Kier molecular flexibility index (Phi) is 8.44. The van der Waals surface area contributed by atoms with Gasteiger partial charge in [-0.05, 0) is 68.3 Å². The van der Waals surface area contributed by atoms with E-state index in [1.807, 2.05) is 13.1 Å². The predicted molar refractivity (Wildman–Crippen MR) is 135 cm³/mol. The van der Waals surface area contributed by atoms with E-state index in [0.29, 0.717) is 11.8 Å². The zero-order valence-corrected chi connectivity index (χ0v) is 20.4. The molecular weight excluding hydrogens is 408 g/mol. The highest BCUT2D eigenvalue weighted by Crippen LogP contribution is 2.34. The first-order valence-corrected chi connectivity index (χ1v) is 12.8. The first-order valence-electron chi connectivity index (χ1n) is 12.8. The topological polar surface area (TPSA) is 32.8 Å². The lowest BCUT2D eigenvalue weighted by atomic mass is 9.87. The Bertz CT molecular complexity index is 870. The molecule has 1 saturated carbocycles. The molecule has 1 aliphatic carbocycles. The fourth-order valence-corrected chi connectivity index (χ4v) is 5.76. The molecule has 1 aliphatic heterocycles. The number of piperidine rings is 1. The third kappa shape index (κ3) is 6.17. The lowest BCUT2D eigenvalue weighted by molar-refractivity contribution is -0.137. The molecule has 0 aromatic heterocycles. The first kappa shape index (κ1) is 23.8. The van der Waals surface area contributed by atoms with Crippen molar-refractivity contribution in [1.82, 2.24) is 9.80 Å². The number of nitrogens with zero attached hydrogens (tertiary/aromatic N) is 2. The summed E-state index contributed by atoms with van der Waals surface area (Å²) in [6, 6.07) is 19.3. The average molecular weight is 449 g/mol. The normalized spacial score (nSPS) is 19.2. The van der Waals surface area contributed by atoms with Gasteiger partial charge in [-0.15, -0.1) is 0 Å². The molecule has 1 amide bonds. The molecule has 0 bridgehead atoms. The van der Waals surface area contributed by atoms with E-state index in [-0.39, 0.29) is 12.0 Å². The zero-order chi connectivity index (χ0) is 23.0. The number of para-hydroxylation sites is 1. The third-order valence-corrected chi connectivity index (χ3v) is 7.80. The number of benzene rings is 2. The van der Waals surface area contributed by atoms with Crippen molar-refractivity contribution in [2.24, 2.45) is 5.92 Å². The zero-order valence-electron chi connectivity index (χ0n) is 20.4. The molecule has 2 fully saturated rings. The lowest BCUT2D eigenvalue weighted by Crippen LogP contribution is -2.49. The van der Waals surface area contributed by atoms with Crippen molar-refractivity contribution >= 4 is 5.91 Å². The second-order valence-corrected chi connectivity index (χ2v) is 9.94. The molecule has 0 spiro atoms. The molecule has 33 heavy (non-hydrogen) atoms. The fraction of sp³-hybridized carbons (Fsp3) is 0.552. The van der Waals surface area contributed by atoms with E-state index >= 15 is 0 Å². The number of carbonyl (C=O) groups is 1. The number of likely N-dealkylation sites (tertiary alicyclic amines) is 1. The van der Waals surface area contributed by atoms with E-state index in [0.717, 1.165) is 57.5 Å².